The van der Waals surface area contributed by atoms with Crippen LogP contribution in [-0.4, -0.2) is 10.6 Å². The predicted molar refractivity (Wildman–Crippen MR) is 93.0 cm³/mol. The van der Waals surface area contributed by atoms with E-state index in [0.717, 1.165) is 27.3 Å². The molecule has 0 radical (unpaired) electrons. The summed E-state index contributed by atoms with van der Waals surface area (Å²) in [6.45, 7) is 0. The van der Waals surface area contributed by atoms with Crippen molar-refractivity contribution in [2.45, 2.75) is 0 Å². The van der Waals surface area contributed by atoms with Crippen molar-refractivity contribution in [2.75, 3.05) is 0 Å². The van der Waals surface area contributed by atoms with Gasteiger partial charge >= 0.3 is 5.78 Å². The van der Waals surface area contributed by atoms with Gasteiger partial charge < -0.3 is 0 Å². The number of fused-ring (bicyclic) bond motifs is 3. The van der Waals surface area contributed by atoms with Crippen molar-refractivity contribution in [1.82, 2.24) is 0 Å². The van der Waals surface area contributed by atoms with Gasteiger partial charge in [-0.05, 0) is 39.7 Å². The molecule has 0 atom stereocenters. The quantitative estimate of drug-likeness (QED) is 0.282. The molecule has 0 spiro atoms. The van der Waals surface area contributed by atoms with Crippen molar-refractivity contribution in [2.24, 2.45) is 0 Å². The summed E-state index contributed by atoms with van der Waals surface area (Å²) in [5.74, 6) is 0.322. The summed E-state index contributed by atoms with van der Waals surface area (Å²) in [6, 6.07) is 28.3. The highest BCUT2D eigenvalue weighted by Crippen LogP contribution is 2.29. The molecule has 22 heavy (non-hydrogen) atoms. The van der Waals surface area contributed by atoms with E-state index in [2.05, 4.69) is 36.4 Å². The monoisotopic (exact) mass is 283 g/mol. The highest BCUT2D eigenvalue weighted by Gasteiger charge is 2.19. The molecule has 0 saturated heterocycles. The summed E-state index contributed by atoms with van der Waals surface area (Å²) >= 11 is 0. The highest BCUT2D eigenvalue weighted by atomic mass is 16.1. The van der Waals surface area contributed by atoms with Gasteiger partial charge in [0.15, 0.2) is 0 Å². The molecule has 4 aromatic carbocycles. The van der Waals surface area contributed by atoms with Crippen molar-refractivity contribution < 1.29 is 4.79 Å². The highest BCUT2D eigenvalue weighted by molar-refractivity contribution is 6.22. The number of ketones is 1. The van der Waals surface area contributed by atoms with Crippen LogP contribution in [0.15, 0.2) is 84.9 Å². The molecule has 0 saturated carbocycles. The van der Waals surface area contributed by atoms with Crippen LogP contribution in [0.5, 0.6) is 0 Å². The summed E-state index contributed by atoms with van der Waals surface area (Å²) in [5, 5.41) is 4.59. The average molecular weight is 283 g/mol. The molecule has 0 aliphatic carbocycles. The van der Waals surface area contributed by atoms with Crippen LogP contribution in [0, 0.1) is 0 Å². The second-order valence-electron chi connectivity index (χ2n) is 5.41. The lowest BCUT2D eigenvalue weighted by Crippen LogP contribution is -2.04. The fourth-order valence-corrected chi connectivity index (χ4v) is 3.00. The van der Waals surface area contributed by atoms with Gasteiger partial charge in [-0.1, -0.05) is 66.7 Å². The molecule has 0 heterocycles. The molecule has 0 aliphatic heterocycles. The molecule has 0 aromatic heterocycles. The molecule has 1 heteroatoms. The van der Waals surface area contributed by atoms with Crippen molar-refractivity contribution >= 4 is 27.3 Å². The minimum atomic E-state index is 0.322. The maximum absolute atomic E-state index is 10.8. The Hall–Kier alpha value is -2.93. The summed E-state index contributed by atoms with van der Waals surface area (Å²) in [5.41, 5.74) is 1.71. The molecule has 0 amide bonds. The number of hydrogen-bond acceptors (Lipinski definition) is 0. The van der Waals surface area contributed by atoms with E-state index in [-0.39, 0.29) is 0 Å². The predicted octanol–water partition coefficient (Wildman–Crippen LogP) is 4.93. The lowest BCUT2D eigenvalue weighted by Gasteiger charge is -2.07. The van der Waals surface area contributed by atoms with Crippen LogP contribution >= 0.6 is 0 Å². The SMILES string of the molecule is [OH+]=C(c1ccccc1)c1cc2ccccc2c2ccccc12. The first-order chi connectivity index (χ1) is 10.8. The summed E-state index contributed by atoms with van der Waals surface area (Å²) in [6.07, 6.45) is 0. The van der Waals surface area contributed by atoms with Gasteiger partial charge in [-0.15, -0.1) is 0 Å². The molecule has 1 nitrogen and oxygen atoms in total. The molecule has 0 bridgehead atoms. The van der Waals surface area contributed by atoms with Gasteiger partial charge in [0.2, 0.25) is 0 Å². The van der Waals surface area contributed by atoms with Crippen LogP contribution in [0.2, 0.25) is 0 Å². The van der Waals surface area contributed by atoms with E-state index in [1.54, 1.807) is 0 Å². The van der Waals surface area contributed by atoms with E-state index in [0.29, 0.717) is 5.78 Å². The first-order valence-corrected chi connectivity index (χ1v) is 7.37. The van der Waals surface area contributed by atoms with E-state index in [1.165, 1.54) is 5.39 Å². The Morgan fingerprint density at radius 1 is 0.591 bits per heavy atom. The Labute approximate surface area is 128 Å². The molecule has 1 N–H and O–H groups in total. The molecule has 104 valence electrons. The van der Waals surface area contributed by atoms with Gasteiger partial charge in [-0.3, -0.25) is 4.79 Å². The smallest absolute Gasteiger partial charge is 0.273 e. The number of benzene rings is 4. The van der Waals surface area contributed by atoms with Crippen LogP contribution in [0.3, 0.4) is 0 Å². The molecule has 4 aromatic rings. The number of carbonyl (C=O) groups excluding carboxylic acids is 1. The van der Waals surface area contributed by atoms with Crippen LogP contribution in [-0.2, 0) is 0 Å². The molecule has 0 aliphatic rings. The van der Waals surface area contributed by atoms with Crippen LogP contribution in [0.4, 0.5) is 0 Å². The Balaban J connectivity index is 2.06. The zero-order valence-electron chi connectivity index (χ0n) is 12.0. The minimum absolute atomic E-state index is 0.322. The zero-order valence-corrected chi connectivity index (χ0v) is 12.0. The second kappa shape index (κ2) is 5.12. The maximum atomic E-state index is 10.8. The van der Waals surface area contributed by atoms with E-state index < -0.39 is 0 Å². The van der Waals surface area contributed by atoms with Crippen LogP contribution in [0.1, 0.15) is 11.1 Å². The van der Waals surface area contributed by atoms with Gasteiger partial charge in [0.1, 0.15) is 0 Å². The van der Waals surface area contributed by atoms with Crippen LogP contribution < -0.4 is 0 Å². The fraction of sp³-hybridized carbons (Fsp3) is 0. The minimum Gasteiger partial charge on any atom is -0.273 e. The third-order valence-electron chi connectivity index (χ3n) is 4.07. The normalized spacial score (nSPS) is 10.9. The fourth-order valence-electron chi connectivity index (χ4n) is 3.00. The molecule has 0 unspecified atom stereocenters. The number of hydrogen-bond donors (Lipinski definition) is 0. The van der Waals surface area contributed by atoms with Gasteiger partial charge in [-0.2, -0.15) is 0 Å². The zero-order chi connectivity index (χ0) is 14.9. The summed E-state index contributed by atoms with van der Waals surface area (Å²) in [4.78, 5) is 10.8. The third kappa shape index (κ3) is 1.99. The second-order valence-corrected chi connectivity index (χ2v) is 5.41. The first-order valence-electron chi connectivity index (χ1n) is 7.37. The van der Waals surface area contributed by atoms with E-state index in [9.17, 15) is 4.79 Å². The van der Waals surface area contributed by atoms with Crippen molar-refractivity contribution in [3.05, 3.63) is 96.1 Å². The van der Waals surface area contributed by atoms with E-state index in [4.69, 9.17) is 0 Å². The third-order valence-corrected chi connectivity index (χ3v) is 4.07. The molecule has 4 rings (SSSR count). The maximum Gasteiger partial charge on any atom is 0.354 e. The lowest BCUT2D eigenvalue weighted by molar-refractivity contribution is 0.680. The van der Waals surface area contributed by atoms with E-state index in [1.807, 2.05) is 48.5 Å². The largest absolute Gasteiger partial charge is 0.354 e. The molecular weight excluding hydrogens is 268 g/mol. The Morgan fingerprint density at radius 3 is 1.95 bits per heavy atom. The van der Waals surface area contributed by atoms with Crippen molar-refractivity contribution in [1.29, 1.82) is 0 Å². The molecule has 0 fully saturated rings. The average Bonchev–Trinajstić information content (AvgIpc) is 2.61. The Bertz CT molecular complexity index is 984. The van der Waals surface area contributed by atoms with Crippen LogP contribution in [0.25, 0.3) is 21.5 Å². The standard InChI is InChI=1S/C21H14O/c22-21(15-8-2-1-3-9-15)20-14-16-10-4-5-11-17(16)18-12-6-7-13-19(18)20/h1-14H/p+1. The Morgan fingerprint density at radius 2 is 1.18 bits per heavy atom. The first kappa shape index (κ1) is 12.8. The van der Waals surface area contributed by atoms with Gasteiger partial charge in [-0.25, -0.2) is 0 Å². The molecular formula is C21H15O+. The summed E-state index contributed by atoms with van der Waals surface area (Å²) in [7, 11) is 0. The summed E-state index contributed by atoms with van der Waals surface area (Å²) < 4.78 is 0. The van der Waals surface area contributed by atoms with Crippen molar-refractivity contribution in [3.63, 3.8) is 0 Å². The Kier molecular flexibility index (Phi) is 2.97. The van der Waals surface area contributed by atoms with E-state index >= 15 is 0 Å². The lowest BCUT2D eigenvalue weighted by atomic mass is 9.93. The van der Waals surface area contributed by atoms with Gasteiger partial charge in [0.05, 0.1) is 11.1 Å². The van der Waals surface area contributed by atoms with Gasteiger partial charge in [0.25, 0.3) is 0 Å². The van der Waals surface area contributed by atoms with Crippen molar-refractivity contribution in [3.8, 4) is 0 Å². The van der Waals surface area contributed by atoms with Gasteiger partial charge in [0, 0.05) is 0 Å². The number of rotatable bonds is 2. The topological polar surface area (TPSA) is 21.4 Å².